The first-order valence-electron chi connectivity index (χ1n) is 8.62. The predicted molar refractivity (Wildman–Crippen MR) is 85.7 cm³/mol. The Hall–Kier alpha value is -0.0800. The van der Waals surface area contributed by atoms with Crippen molar-refractivity contribution < 1.29 is 0 Å². The van der Waals surface area contributed by atoms with Crippen molar-refractivity contribution in [2.24, 2.45) is 5.41 Å². The zero-order valence-corrected chi connectivity index (χ0v) is 13.6. The summed E-state index contributed by atoms with van der Waals surface area (Å²) in [6.07, 6.45) is 12.5. The fourth-order valence-corrected chi connectivity index (χ4v) is 3.51. The number of unbranched alkanes of at least 4 members (excludes halogenated alkanes) is 2. The van der Waals surface area contributed by atoms with Gasteiger partial charge >= 0.3 is 0 Å². The van der Waals surface area contributed by atoms with E-state index in [1.807, 2.05) is 0 Å². The van der Waals surface area contributed by atoms with E-state index in [1.54, 1.807) is 0 Å². The van der Waals surface area contributed by atoms with E-state index in [4.69, 9.17) is 0 Å². The van der Waals surface area contributed by atoms with Crippen molar-refractivity contribution in [3.8, 4) is 0 Å². The van der Waals surface area contributed by atoms with Crippen molar-refractivity contribution in [1.82, 2.24) is 10.2 Å². The van der Waals surface area contributed by atoms with Crippen LogP contribution in [0.2, 0.25) is 0 Å². The Bertz CT molecular complexity index is 209. The second-order valence-corrected chi connectivity index (χ2v) is 6.68. The van der Waals surface area contributed by atoms with E-state index in [9.17, 15) is 0 Å². The summed E-state index contributed by atoms with van der Waals surface area (Å²) >= 11 is 0. The van der Waals surface area contributed by atoms with Crippen molar-refractivity contribution in [3.05, 3.63) is 0 Å². The van der Waals surface area contributed by atoms with Crippen LogP contribution < -0.4 is 5.32 Å². The van der Waals surface area contributed by atoms with Crippen LogP contribution in [0.4, 0.5) is 0 Å². The van der Waals surface area contributed by atoms with E-state index in [1.165, 1.54) is 84.0 Å². The van der Waals surface area contributed by atoms with E-state index in [-0.39, 0.29) is 0 Å². The zero-order chi connectivity index (χ0) is 14.0. The van der Waals surface area contributed by atoms with Gasteiger partial charge in [-0.3, -0.25) is 0 Å². The minimum Gasteiger partial charge on any atom is -0.316 e. The maximum absolute atomic E-state index is 3.69. The first kappa shape index (κ1) is 17.0. The van der Waals surface area contributed by atoms with E-state index in [0.717, 1.165) is 0 Å². The van der Waals surface area contributed by atoms with Crippen LogP contribution in [0.1, 0.15) is 71.6 Å². The van der Waals surface area contributed by atoms with Gasteiger partial charge in [-0.1, -0.05) is 46.0 Å². The third kappa shape index (κ3) is 6.76. The van der Waals surface area contributed by atoms with E-state index < -0.39 is 0 Å². The van der Waals surface area contributed by atoms with Crippen molar-refractivity contribution in [3.63, 3.8) is 0 Å². The Morgan fingerprint density at radius 1 is 1.00 bits per heavy atom. The predicted octanol–water partition coefficient (Wildman–Crippen LogP) is 4.06. The largest absolute Gasteiger partial charge is 0.316 e. The standard InChI is InChI=1S/C17H36N2/c1-4-6-10-14-19(3)16-17(15-18-13-5-2)11-8-7-9-12-17/h18H,4-16H2,1-3H3. The molecule has 0 aromatic rings. The highest BCUT2D eigenvalue weighted by atomic mass is 15.1. The van der Waals surface area contributed by atoms with Gasteiger partial charge in [0.1, 0.15) is 0 Å². The molecule has 1 N–H and O–H groups in total. The van der Waals surface area contributed by atoms with Gasteiger partial charge in [0, 0.05) is 13.1 Å². The molecular weight excluding hydrogens is 232 g/mol. The lowest BCUT2D eigenvalue weighted by Gasteiger charge is -2.40. The van der Waals surface area contributed by atoms with Crippen molar-refractivity contribution >= 4 is 0 Å². The van der Waals surface area contributed by atoms with Crippen molar-refractivity contribution in [1.29, 1.82) is 0 Å². The number of nitrogens with one attached hydrogen (secondary N) is 1. The summed E-state index contributed by atoms with van der Waals surface area (Å²) < 4.78 is 0. The summed E-state index contributed by atoms with van der Waals surface area (Å²) in [5.41, 5.74) is 0.564. The molecule has 19 heavy (non-hydrogen) atoms. The molecule has 0 aromatic carbocycles. The topological polar surface area (TPSA) is 15.3 Å². The maximum atomic E-state index is 3.69. The number of rotatable bonds is 10. The van der Waals surface area contributed by atoms with Gasteiger partial charge in [0.2, 0.25) is 0 Å². The molecule has 0 spiro atoms. The van der Waals surface area contributed by atoms with Crippen LogP contribution in [0.5, 0.6) is 0 Å². The third-order valence-electron chi connectivity index (χ3n) is 4.59. The molecule has 0 radical (unpaired) electrons. The van der Waals surface area contributed by atoms with Crippen LogP contribution in [0.15, 0.2) is 0 Å². The number of hydrogen-bond acceptors (Lipinski definition) is 2. The van der Waals surface area contributed by atoms with Crippen LogP contribution >= 0.6 is 0 Å². The zero-order valence-electron chi connectivity index (χ0n) is 13.6. The number of hydrogen-bond donors (Lipinski definition) is 1. The Morgan fingerprint density at radius 3 is 2.37 bits per heavy atom. The molecule has 0 bridgehead atoms. The molecule has 0 unspecified atom stereocenters. The first-order valence-corrected chi connectivity index (χ1v) is 8.62. The maximum Gasteiger partial charge on any atom is 0.00471 e. The Balaban J connectivity index is 2.39. The van der Waals surface area contributed by atoms with Crippen LogP contribution in [0, 0.1) is 5.41 Å². The Morgan fingerprint density at radius 2 is 1.74 bits per heavy atom. The quantitative estimate of drug-likeness (QED) is 0.601. The van der Waals surface area contributed by atoms with Crippen LogP contribution in [-0.4, -0.2) is 38.1 Å². The average molecular weight is 268 g/mol. The molecule has 0 heterocycles. The number of nitrogens with zero attached hydrogens (tertiary/aromatic N) is 1. The van der Waals surface area contributed by atoms with Crippen LogP contribution in [-0.2, 0) is 0 Å². The molecule has 1 aliphatic rings. The minimum absolute atomic E-state index is 0.564. The summed E-state index contributed by atoms with van der Waals surface area (Å²) in [7, 11) is 2.33. The van der Waals surface area contributed by atoms with Gasteiger partial charge in [-0.2, -0.15) is 0 Å². The lowest BCUT2D eigenvalue weighted by Crippen LogP contribution is -2.44. The van der Waals surface area contributed by atoms with Gasteiger partial charge in [-0.25, -0.2) is 0 Å². The normalized spacial score (nSPS) is 18.9. The fourth-order valence-electron chi connectivity index (χ4n) is 3.51. The highest BCUT2D eigenvalue weighted by Crippen LogP contribution is 2.36. The van der Waals surface area contributed by atoms with E-state index in [2.05, 4.69) is 31.1 Å². The average Bonchev–Trinajstić information content (AvgIpc) is 2.40. The van der Waals surface area contributed by atoms with E-state index in [0.29, 0.717) is 5.41 Å². The Kier molecular flexibility index (Phi) is 8.72. The molecule has 0 atom stereocenters. The molecule has 0 aliphatic heterocycles. The molecule has 1 fully saturated rings. The molecule has 0 amide bonds. The van der Waals surface area contributed by atoms with Gasteiger partial charge in [-0.15, -0.1) is 0 Å². The minimum atomic E-state index is 0.564. The van der Waals surface area contributed by atoms with Gasteiger partial charge in [0.05, 0.1) is 0 Å². The summed E-state index contributed by atoms with van der Waals surface area (Å²) in [5.74, 6) is 0. The van der Waals surface area contributed by atoms with E-state index >= 15 is 0 Å². The highest BCUT2D eigenvalue weighted by molar-refractivity contribution is 4.87. The third-order valence-corrected chi connectivity index (χ3v) is 4.59. The molecule has 0 saturated heterocycles. The second kappa shape index (κ2) is 9.77. The van der Waals surface area contributed by atoms with Gasteiger partial charge in [-0.05, 0) is 51.2 Å². The van der Waals surface area contributed by atoms with Gasteiger partial charge in [0.25, 0.3) is 0 Å². The van der Waals surface area contributed by atoms with Crippen molar-refractivity contribution in [2.75, 3.05) is 33.2 Å². The summed E-state index contributed by atoms with van der Waals surface area (Å²) in [5, 5.41) is 3.69. The molecule has 1 aliphatic carbocycles. The second-order valence-electron chi connectivity index (χ2n) is 6.68. The molecule has 1 saturated carbocycles. The summed E-state index contributed by atoms with van der Waals surface area (Å²) in [6.45, 7) is 9.55. The molecular formula is C17H36N2. The van der Waals surface area contributed by atoms with Gasteiger partial charge in [0.15, 0.2) is 0 Å². The molecule has 1 rings (SSSR count). The fraction of sp³-hybridized carbons (Fsp3) is 1.00. The highest BCUT2D eigenvalue weighted by Gasteiger charge is 2.32. The van der Waals surface area contributed by atoms with Gasteiger partial charge < -0.3 is 10.2 Å². The molecule has 114 valence electrons. The lowest BCUT2D eigenvalue weighted by atomic mass is 9.73. The summed E-state index contributed by atoms with van der Waals surface area (Å²) in [4.78, 5) is 2.59. The molecule has 0 aromatic heterocycles. The van der Waals surface area contributed by atoms with Crippen LogP contribution in [0.3, 0.4) is 0 Å². The first-order chi connectivity index (χ1) is 9.22. The molecule has 2 heteroatoms. The van der Waals surface area contributed by atoms with Crippen molar-refractivity contribution in [2.45, 2.75) is 71.6 Å². The Labute approximate surface area is 121 Å². The SMILES string of the molecule is CCCCCN(C)CC1(CNCCC)CCCCC1. The lowest BCUT2D eigenvalue weighted by molar-refractivity contribution is 0.116. The smallest absolute Gasteiger partial charge is 0.00471 e. The molecule has 2 nitrogen and oxygen atoms in total. The summed E-state index contributed by atoms with van der Waals surface area (Å²) in [6, 6.07) is 0. The van der Waals surface area contributed by atoms with Crippen LogP contribution in [0.25, 0.3) is 0 Å². The monoisotopic (exact) mass is 268 g/mol.